The second-order valence-corrected chi connectivity index (χ2v) is 8.10. The minimum atomic E-state index is -3.62. The lowest BCUT2D eigenvalue weighted by molar-refractivity contribution is 0.0936. The molecule has 3 rings (SSSR count). The summed E-state index contributed by atoms with van der Waals surface area (Å²) in [6.45, 7) is 2.01. The van der Waals surface area contributed by atoms with Crippen molar-refractivity contribution >= 4 is 27.7 Å². The number of carbonyl (C=O) groups excluding carboxylic acids is 1. The first-order valence-corrected chi connectivity index (χ1v) is 10.1. The summed E-state index contributed by atoms with van der Waals surface area (Å²) in [5.41, 5.74) is 1.73. The van der Waals surface area contributed by atoms with Gasteiger partial charge in [-0.2, -0.15) is 0 Å². The lowest BCUT2D eigenvalue weighted by Crippen LogP contribution is -2.33. The molecule has 0 radical (unpaired) electrons. The highest BCUT2D eigenvalue weighted by molar-refractivity contribution is 7.95. The van der Waals surface area contributed by atoms with Crippen LogP contribution in [0, 0.1) is 5.92 Å². The van der Waals surface area contributed by atoms with Crippen LogP contribution in [0.1, 0.15) is 35.7 Å². The molecule has 1 atom stereocenters. The highest BCUT2D eigenvalue weighted by atomic mass is 32.2. The fourth-order valence-corrected chi connectivity index (χ4v) is 3.49. The molecule has 1 saturated carbocycles. The smallest absolute Gasteiger partial charge is 0.255 e. The van der Waals surface area contributed by atoms with E-state index in [0.29, 0.717) is 17.2 Å². The van der Waals surface area contributed by atoms with Gasteiger partial charge in [0, 0.05) is 17.3 Å². The van der Waals surface area contributed by atoms with Crippen LogP contribution in [0.5, 0.6) is 0 Å². The summed E-state index contributed by atoms with van der Waals surface area (Å²) in [6, 6.07) is 15.8. The Morgan fingerprint density at radius 3 is 2.35 bits per heavy atom. The van der Waals surface area contributed by atoms with Gasteiger partial charge >= 0.3 is 0 Å². The first-order chi connectivity index (χ1) is 12.4. The standard InChI is InChI=1S/C20H22N2O3S/c1-15(17-7-8-17)21-20(23)18-9-11-19(12-10-18)22-26(24,25)14-13-16-5-3-2-4-6-16/h2-6,9-15,17,22H,7-8H2,1H3,(H,21,23)/b14-13+/t15-/m0/s1. The van der Waals surface area contributed by atoms with Crippen LogP contribution in [-0.2, 0) is 10.0 Å². The molecule has 2 aromatic carbocycles. The third kappa shape index (κ3) is 5.20. The molecule has 0 bridgehead atoms. The van der Waals surface area contributed by atoms with Gasteiger partial charge in [-0.1, -0.05) is 30.3 Å². The van der Waals surface area contributed by atoms with Crippen molar-refractivity contribution in [3.05, 3.63) is 71.1 Å². The molecule has 0 spiro atoms. The average molecular weight is 370 g/mol. The van der Waals surface area contributed by atoms with Crippen LogP contribution in [0.2, 0.25) is 0 Å². The van der Waals surface area contributed by atoms with E-state index in [4.69, 9.17) is 0 Å². The van der Waals surface area contributed by atoms with Gasteiger partial charge in [0.25, 0.3) is 15.9 Å². The summed E-state index contributed by atoms with van der Waals surface area (Å²) >= 11 is 0. The van der Waals surface area contributed by atoms with E-state index in [9.17, 15) is 13.2 Å². The van der Waals surface area contributed by atoms with Gasteiger partial charge in [-0.25, -0.2) is 8.42 Å². The van der Waals surface area contributed by atoms with E-state index in [0.717, 1.165) is 11.0 Å². The zero-order valence-corrected chi connectivity index (χ0v) is 15.4. The van der Waals surface area contributed by atoms with Crippen molar-refractivity contribution in [2.24, 2.45) is 5.92 Å². The Morgan fingerprint density at radius 2 is 1.73 bits per heavy atom. The Balaban J connectivity index is 1.61. The van der Waals surface area contributed by atoms with Crippen molar-refractivity contribution in [1.29, 1.82) is 0 Å². The Hall–Kier alpha value is -2.60. The fraction of sp³-hybridized carbons (Fsp3) is 0.250. The number of sulfonamides is 1. The predicted molar refractivity (Wildman–Crippen MR) is 104 cm³/mol. The number of hydrogen-bond donors (Lipinski definition) is 2. The van der Waals surface area contributed by atoms with Gasteiger partial charge in [0.15, 0.2) is 0 Å². The monoisotopic (exact) mass is 370 g/mol. The van der Waals surface area contributed by atoms with Crippen LogP contribution in [0.3, 0.4) is 0 Å². The Bertz CT molecular complexity index is 886. The second-order valence-electron chi connectivity index (χ2n) is 6.54. The molecule has 0 aromatic heterocycles. The molecule has 0 unspecified atom stereocenters. The molecule has 1 aliphatic rings. The summed E-state index contributed by atoms with van der Waals surface area (Å²) in [5.74, 6) is 0.448. The van der Waals surface area contributed by atoms with Gasteiger partial charge in [-0.05, 0) is 61.6 Å². The number of amides is 1. The molecule has 0 saturated heterocycles. The predicted octanol–water partition coefficient (Wildman–Crippen LogP) is 3.63. The summed E-state index contributed by atoms with van der Waals surface area (Å²) in [5, 5.41) is 4.10. The normalized spacial score (nSPS) is 15.6. The summed E-state index contributed by atoms with van der Waals surface area (Å²) in [6.07, 6.45) is 3.86. The van der Waals surface area contributed by atoms with Crippen LogP contribution >= 0.6 is 0 Å². The van der Waals surface area contributed by atoms with E-state index in [1.165, 1.54) is 18.9 Å². The number of nitrogens with one attached hydrogen (secondary N) is 2. The number of rotatable bonds is 7. The van der Waals surface area contributed by atoms with Crippen molar-refractivity contribution in [3.63, 3.8) is 0 Å². The van der Waals surface area contributed by atoms with Gasteiger partial charge in [0.2, 0.25) is 0 Å². The van der Waals surface area contributed by atoms with Crippen LogP contribution < -0.4 is 10.0 Å². The van der Waals surface area contributed by atoms with E-state index in [1.54, 1.807) is 24.3 Å². The minimum absolute atomic E-state index is 0.136. The summed E-state index contributed by atoms with van der Waals surface area (Å²) in [4.78, 5) is 12.2. The maximum Gasteiger partial charge on any atom is 0.255 e. The summed E-state index contributed by atoms with van der Waals surface area (Å²) in [7, 11) is -3.62. The SMILES string of the molecule is C[C@H](NC(=O)c1ccc(NS(=O)(=O)/C=C/c2ccccc2)cc1)C1CC1. The average Bonchev–Trinajstić information content (AvgIpc) is 3.46. The molecule has 2 aromatic rings. The van der Waals surface area contributed by atoms with Crippen molar-refractivity contribution in [3.8, 4) is 0 Å². The van der Waals surface area contributed by atoms with Gasteiger partial charge in [0.1, 0.15) is 0 Å². The van der Waals surface area contributed by atoms with Crippen molar-refractivity contribution < 1.29 is 13.2 Å². The highest BCUT2D eigenvalue weighted by Gasteiger charge is 2.29. The highest BCUT2D eigenvalue weighted by Crippen LogP contribution is 2.32. The van der Waals surface area contributed by atoms with Crippen molar-refractivity contribution in [2.45, 2.75) is 25.8 Å². The number of benzene rings is 2. The summed E-state index contributed by atoms with van der Waals surface area (Å²) < 4.78 is 26.8. The molecule has 1 fully saturated rings. The van der Waals surface area contributed by atoms with E-state index in [1.807, 2.05) is 37.3 Å². The maximum atomic E-state index is 12.2. The van der Waals surface area contributed by atoms with E-state index >= 15 is 0 Å². The molecule has 136 valence electrons. The molecule has 1 aliphatic carbocycles. The zero-order chi connectivity index (χ0) is 18.6. The van der Waals surface area contributed by atoms with Gasteiger partial charge < -0.3 is 5.32 Å². The van der Waals surface area contributed by atoms with E-state index < -0.39 is 10.0 Å². The molecular formula is C20H22N2O3S. The van der Waals surface area contributed by atoms with Gasteiger partial charge in [0.05, 0.1) is 5.41 Å². The Morgan fingerprint density at radius 1 is 1.08 bits per heavy atom. The molecule has 6 heteroatoms. The first-order valence-electron chi connectivity index (χ1n) is 8.60. The topological polar surface area (TPSA) is 75.3 Å². The van der Waals surface area contributed by atoms with Gasteiger partial charge in [-0.3, -0.25) is 9.52 Å². The molecule has 2 N–H and O–H groups in total. The van der Waals surface area contributed by atoms with Crippen molar-refractivity contribution in [1.82, 2.24) is 5.32 Å². The molecule has 1 amide bonds. The van der Waals surface area contributed by atoms with E-state index in [2.05, 4.69) is 10.0 Å². The minimum Gasteiger partial charge on any atom is -0.349 e. The van der Waals surface area contributed by atoms with E-state index in [-0.39, 0.29) is 11.9 Å². The van der Waals surface area contributed by atoms with Gasteiger partial charge in [-0.15, -0.1) is 0 Å². The van der Waals surface area contributed by atoms with Crippen LogP contribution in [0.15, 0.2) is 60.0 Å². The number of anilines is 1. The number of hydrogen-bond acceptors (Lipinski definition) is 3. The lowest BCUT2D eigenvalue weighted by atomic mass is 10.1. The van der Waals surface area contributed by atoms with Crippen molar-refractivity contribution in [2.75, 3.05) is 4.72 Å². The second kappa shape index (κ2) is 7.74. The maximum absolute atomic E-state index is 12.2. The van der Waals surface area contributed by atoms with Crippen LogP contribution in [-0.4, -0.2) is 20.4 Å². The largest absolute Gasteiger partial charge is 0.349 e. The van der Waals surface area contributed by atoms with Crippen LogP contribution in [0.25, 0.3) is 6.08 Å². The Kier molecular flexibility index (Phi) is 5.42. The Labute approximate surface area is 154 Å². The lowest BCUT2D eigenvalue weighted by Gasteiger charge is -2.13. The first kappa shape index (κ1) is 18.2. The molecule has 5 nitrogen and oxygen atoms in total. The third-order valence-electron chi connectivity index (χ3n) is 4.33. The molecule has 0 aliphatic heterocycles. The number of carbonyl (C=O) groups is 1. The molecule has 0 heterocycles. The van der Waals surface area contributed by atoms with Crippen LogP contribution in [0.4, 0.5) is 5.69 Å². The quantitative estimate of drug-likeness (QED) is 0.781. The third-order valence-corrected chi connectivity index (χ3v) is 5.35. The zero-order valence-electron chi connectivity index (χ0n) is 14.6. The molecular weight excluding hydrogens is 348 g/mol. The fourth-order valence-electron chi connectivity index (χ4n) is 2.62. The molecule has 26 heavy (non-hydrogen) atoms.